The zero-order valence-electron chi connectivity index (χ0n) is 12.8. The number of benzene rings is 1. The van der Waals surface area contributed by atoms with Crippen molar-refractivity contribution >= 4 is 18.6 Å². The van der Waals surface area contributed by atoms with E-state index in [0.717, 1.165) is 23.0 Å². The van der Waals surface area contributed by atoms with Gasteiger partial charge in [-0.25, -0.2) is 0 Å². The van der Waals surface area contributed by atoms with Crippen molar-refractivity contribution in [1.29, 1.82) is 0 Å². The monoisotopic (exact) mass is 290 g/mol. The van der Waals surface area contributed by atoms with Crippen LogP contribution in [-0.4, -0.2) is 36.6 Å². The van der Waals surface area contributed by atoms with Gasteiger partial charge < -0.3 is 15.0 Å². The quantitative estimate of drug-likeness (QED) is 0.735. The largest absolute Gasteiger partial charge is 0.357 e. The minimum atomic E-state index is -0.627. The average molecular weight is 290 g/mol. The first-order chi connectivity index (χ1) is 10.0. The van der Waals surface area contributed by atoms with Crippen LogP contribution in [0.15, 0.2) is 18.2 Å². The molecule has 1 N–H and O–H groups in total. The van der Waals surface area contributed by atoms with Gasteiger partial charge in [-0.1, -0.05) is 23.8 Å². The highest BCUT2D eigenvalue weighted by Crippen LogP contribution is 2.16. The summed E-state index contributed by atoms with van der Waals surface area (Å²) in [4.78, 5) is 35.3. The molecule has 0 aliphatic heterocycles. The predicted molar refractivity (Wildman–Crippen MR) is 80.7 cm³/mol. The van der Waals surface area contributed by atoms with Crippen LogP contribution in [-0.2, 0) is 20.9 Å². The molecule has 0 spiro atoms. The second-order valence-electron chi connectivity index (χ2n) is 5.08. The van der Waals surface area contributed by atoms with Gasteiger partial charge in [0.2, 0.25) is 12.3 Å². The topological polar surface area (TPSA) is 66.5 Å². The molecule has 0 aliphatic rings. The highest BCUT2D eigenvalue weighted by Gasteiger charge is 2.24. The van der Waals surface area contributed by atoms with E-state index >= 15 is 0 Å². The number of aldehydes is 1. The van der Waals surface area contributed by atoms with Gasteiger partial charge in [-0.05, 0) is 31.4 Å². The van der Waals surface area contributed by atoms with E-state index in [1.54, 1.807) is 0 Å². The minimum absolute atomic E-state index is 0.245. The molecular weight excluding hydrogens is 268 g/mol. The molecule has 0 heterocycles. The van der Waals surface area contributed by atoms with Gasteiger partial charge in [0.1, 0.15) is 12.3 Å². The van der Waals surface area contributed by atoms with Crippen molar-refractivity contribution in [2.75, 3.05) is 7.05 Å². The number of nitrogens with zero attached hydrogens (tertiary/aromatic N) is 1. The van der Waals surface area contributed by atoms with E-state index in [0.29, 0.717) is 19.4 Å². The Hall–Kier alpha value is -2.17. The van der Waals surface area contributed by atoms with Crippen LogP contribution in [0.2, 0.25) is 0 Å². The molecule has 21 heavy (non-hydrogen) atoms. The summed E-state index contributed by atoms with van der Waals surface area (Å²) in [6.07, 6.45) is 2.01. The maximum Gasteiger partial charge on any atom is 0.242 e. The van der Waals surface area contributed by atoms with Crippen LogP contribution in [0.1, 0.15) is 29.5 Å². The van der Waals surface area contributed by atoms with Crippen molar-refractivity contribution in [1.82, 2.24) is 10.2 Å². The van der Waals surface area contributed by atoms with Gasteiger partial charge >= 0.3 is 0 Å². The fourth-order valence-electron chi connectivity index (χ4n) is 2.23. The molecule has 1 atom stereocenters. The van der Waals surface area contributed by atoms with Crippen LogP contribution >= 0.6 is 0 Å². The summed E-state index contributed by atoms with van der Waals surface area (Å²) in [7, 11) is 1.52. The van der Waals surface area contributed by atoms with Crippen molar-refractivity contribution < 1.29 is 14.4 Å². The Morgan fingerprint density at radius 2 is 2.05 bits per heavy atom. The molecule has 114 valence electrons. The molecule has 1 aromatic carbocycles. The Bertz CT molecular complexity index is 514. The van der Waals surface area contributed by atoms with Gasteiger partial charge in [-0.2, -0.15) is 0 Å². The van der Waals surface area contributed by atoms with Crippen molar-refractivity contribution in [3.63, 3.8) is 0 Å². The standard InChI is InChI=1S/C16H22N2O3/c1-12-6-7-13(2)14(9-12)10-18(11-20)15(5-4-8-19)16(21)17-3/h6-9,11,15H,4-5,10H2,1-3H3,(H,17,21). The van der Waals surface area contributed by atoms with E-state index in [2.05, 4.69) is 5.32 Å². The highest BCUT2D eigenvalue weighted by atomic mass is 16.2. The molecule has 0 fully saturated rings. The molecule has 5 heteroatoms. The number of hydrogen-bond donors (Lipinski definition) is 1. The lowest BCUT2D eigenvalue weighted by molar-refractivity contribution is -0.133. The molecule has 5 nitrogen and oxygen atoms in total. The lowest BCUT2D eigenvalue weighted by Crippen LogP contribution is -2.45. The Labute approximate surface area is 125 Å². The summed E-state index contributed by atoms with van der Waals surface area (Å²) in [5.74, 6) is -0.255. The summed E-state index contributed by atoms with van der Waals surface area (Å²) < 4.78 is 0. The molecule has 1 aromatic rings. The molecule has 0 aromatic heterocycles. The number of hydrogen-bond acceptors (Lipinski definition) is 3. The van der Waals surface area contributed by atoms with Crippen LogP contribution in [0.25, 0.3) is 0 Å². The smallest absolute Gasteiger partial charge is 0.242 e. The normalized spacial score (nSPS) is 11.6. The SMILES string of the molecule is CNC(=O)C(CCC=O)N(C=O)Cc1cc(C)ccc1C. The second kappa shape index (κ2) is 8.19. The Kier molecular flexibility index (Phi) is 6.59. The first kappa shape index (κ1) is 16.9. The number of carbonyl (C=O) groups is 3. The third-order valence-corrected chi connectivity index (χ3v) is 3.50. The van der Waals surface area contributed by atoms with E-state index < -0.39 is 6.04 Å². The molecular formula is C16H22N2O3. The summed E-state index contributed by atoms with van der Waals surface area (Å²) in [5.41, 5.74) is 3.17. The van der Waals surface area contributed by atoms with Gasteiger partial charge in [-0.3, -0.25) is 9.59 Å². The molecule has 0 saturated heterocycles. The Morgan fingerprint density at radius 1 is 1.33 bits per heavy atom. The van der Waals surface area contributed by atoms with Crippen molar-refractivity contribution in [3.05, 3.63) is 34.9 Å². The van der Waals surface area contributed by atoms with E-state index in [1.165, 1.54) is 11.9 Å². The average Bonchev–Trinajstić information content (AvgIpc) is 2.49. The molecule has 2 amide bonds. The van der Waals surface area contributed by atoms with Crippen LogP contribution in [0.3, 0.4) is 0 Å². The summed E-state index contributed by atoms with van der Waals surface area (Å²) in [6, 6.07) is 5.38. The Morgan fingerprint density at radius 3 is 2.62 bits per heavy atom. The molecule has 0 bridgehead atoms. The van der Waals surface area contributed by atoms with Gasteiger partial charge in [0.05, 0.1) is 0 Å². The van der Waals surface area contributed by atoms with Gasteiger partial charge in [0, 0.05) is 20.0 Å². The maximum atomic E-state index is 11.9. The molecule has 1 unspecified atom stereocenters. The number of likely N-dealkylation sites (N-methyl/N-ethyl adjacent to an activating group) is 1. The van der Waals surface area contributed by atoms with Crippen LogP contribution in [0, 0.1) is 13.8 Å². The first-order valence-electron chi connectivity index (χ1n) is 6.95. The van der Waals surface area contributed by atoms with Crippen molar-refractivity contribution in [3.8, 4) is 0 Å². The minimum Gasteiger partial charge on any atom is -0.357 e. The number of nitrogens with one attached hydrogen (secondary N) is 1. The van der Waals surface area contributed by atoms with E-state index in [4.69, 9.17) is 0 Å². The zero-order valence-corrected chi connectivity index (χ0v) is 12.8. The summed E-state index contributed by atoms with van der Waals surface area (Å²) in [6.45, 7) is 4.31. The fourth-order valence-corrected chi connectivity index (χ4v) is 2.23. The van der Waals surface area contributed by atoms with Crippen LogP contribution in [0.4, 0.5) is 0 Å². The van der Waals surface area contributed by atoms with Gasteiger partial charge in [-0.15, -0.1) is 0 Å². The fraction of sp³-hybridized carbons (Fsp3) is 0.438. The first-order valence-corrected chi connectivity index (χ1v) is 6.95. The van der Waals surface area contributed by atoms with Crippen LogP contribution in [0.5, 0.6) is 0 Å². The highest BCUT2D eigenvalue weighted by molar-refractivity contribution is 5.83. The molecule has 1 rings (SSSR count). The Balaban J connectivity index is 2.96. The summed E-state index contributed by atoms with van der Waals surface area (Å²) >= 11 is 0. The number of aryl methyl sites for hydroxylation is 2. The second-order valence-corrected chi connectivity index (χ2v) is 5.08. The maximum absolute atomic E-state index is 11.9. The van der Waals surface area contributed by atoms with Crippen molar-refractivity contribution in [2.45, 2.75) is 39.3 Å². The summed E-state index contributed by atoms with van der Waals surface area (Å²) in [5, 5.41) is 2.55. The van der Waals surface area contributed by atoms with Gasteiger partial charge in [0.15, 0.2) is 0 Å². The molecule has 0 aliphatic carbocycles. The van der Waals surface area contributed by atoms with Crippen molar-refractivity contribution in [2.24, 2.45) is 0 Å². The lowest BCUT2D eigenvalue weighted by Gasteiger charge is -2.27. The number of amides is 2. The van der Waals surface area contributed by atoms with E-state index in [9.17, 15) is 14.4 Å². The molecule has 0 radical (unpaired) electrons. The van der Waals surface area contributed by atoms with E-state index in [1.807, 2.05) is 32.0 Å². The molecule has 0 saturated carbocycles. The van der Waals surface area contributed by atoms with Crippen LogP contribution < -0.4 is 5.32 Å². The van der Waals surface area contributed by atoms with E-state index in [-0.39, 0.29) is 12.3 Å². The number of carbonyl (C=O) groups excluding carboxylic acids is 3. The lowest BCUT2D eigenvalue weighted by atomic mass is 10.0. The third kappa shape index (κ3) is 4.70. The third-order valence-electron chi connectivity index (χ3n) is 3.50. The van der Waals surface area contributed by atoms with Gasteiger partial charge in [0.25, 0.3) is 0 Å². The number of rotatable bonds is 8. The predicted octanol–water partition coefficient (Wildman–Crippen LogP) is 1.36. The zero-order chi connectivity index (χ0) is 15.8.